The molecule has 0 rings (SSSR count). The minimum atomic E-state index is -0.678. The van der Waals surface area contributed by atoms with Gasteiger partial charge in [-0.05, 0) is 32.6 Å². The predicted molar refractivity (Wildman–Crippen MR) is 80.5 cm³/mol. The summed E-state index contributed by atoms with van der Waals surface area (Å²) in [5.41, 5.74) is 0. The first-order valence-corrected chi connectivity index (χ1v) is 7.48. The fourth-order valence-corrected chi connectivity index (χ4v) is 1.50. The number of nitrogens with one attached hydrogen (secondary N) is 2. The van der Waals surface area contributed by atoms with Crippen molar-refractivity contribution in [2.24, 2.45) is 5.92 Å². The Labute approximate surface area is 131 Å². The van der Waals surface area contributed by atoms with Crippen LogP contribution in [0.2, 0.25) is 0 Å². The zero-order valence-corrected chi connectivity index (χ0v) is 13.5. The highest BCUT2D eigenvalue weighted by Gasteiger charge is 2.08. The molecule has 0 aromatic carbocycles. The Kier molecular flexibility index (Phi) is 11.2. The monoisotopic (exact) mass is 320 g/mol. The molecule has 8 nitrogen and oxygen atoms in total. The summed E-state index contributed by atoms with van der Waals surface area (Å²) in [6, 6.07) is 0. The van der Waals surface area contributed by atoms with E-state index < -0.39 is 24.4 Å². The number of hydrogen-bond donors (Lipinski definition) is 4. The van der Waals surface area contributed by atoms with Gasteiger partial charge in [-0.15, -0.1) is 0 Å². The molecule has 0 saturated heterocycles. The van der Waals surface area contributed by atoms with Crippen LogP contribution in [0.3, 0.4) is 0 Å². The molecular formula is C14H28N2O6. The van der Waals surface area contributed by atoms with Gasteiger partial charge in [-0.25, -0.2) is 9.59 Å². The van der Waals surface area contributed by atoms with Crippen molar-refractivity contribution in [1.29, 1.82) is 0 Å². The molecule has 0 aromatic rings. The SMILES string of the molecule is CC(O)COC(=O)NCCCC(C)CNC(=O)OCC(C)O. The number of amides is 2. The van der Waals surface area contributed by atoms with E-state index in [1.807, 2.05) is 6.92 Å². The van der Waals surface area contributed by atoms with Gasteiger partial charge in [0.2, 0.25) is 0 Å². The van der Waals surface area contributed by atoms with E-state index in [0.29, 0.717) is 13.1 Å². The summed E-state index contributed by atoms with van der Waals surface area (Å²) in [5.74, 6) is 0.231. The number of rotatable bonds is 10. The Morgan fingerprint density at radius 2 is 1.45 bits per heavy atom. The second-order valence-electron chi connectivity index (χ2n) is 5.45. The van der Waals surface area contributed by atoms with E-state index in [1.165, 1.54) is 13.8 Å². The lowest BCUT2D eigenvalue weighted by atomic mass is 10.1. The second kappa shape index (κ2) is 12.0. The number of aliphatic hydroxyl groups excluding tert-OH is 2. The third-order valence-corrected chi connectivity index (χ3v) is 2.65. The molecule has 0 aromatic heterocycles. The largest absolute Gasteiger partial charge is 0.447 e. The van der Waals surface area contributed by atoms with Crippen LogP contribution in [0.5, 0.6) is 0 Å². The number of alkyl carbamates (subject to hydrolysis) is 2. The lowest BCUT2D eigenvalue weighted by Gasteiger charge is -2.13. The summed E-state index contributed by atoms with van der Waals surface area (Å²) >= 11 is 0. The molecule has 0 fully saturated rings. The number of aliphatic hydroxyl groups is 2. The molecular weight excluding hydrogens is 292 g/mol. The van der Waals surface area contributed by atoms with Gasteiger partial charge in [0, 0.05) is 13.1 Å². The summed E-state index contributed by atoms with van der Waals surface area (Å²) in [6.45, 7) is 5.92. The fraction of sp³-hybridized carbons (Fsp3) is 0.857. The van der Waals surface area contributed by atoms with Crippen LogP contribution < -0.4 is 10.6 Å². The standard InChI is InChI=1S/C14H28N2O6/c1-10(7-16-14(20)22-9-12(3)18)5-4-6-15-13(19)21-8-11(2)17/h10-12,17-18H,4-9H2,1-3H3,(H,15,19)(H,16,20). The molecule has 4 N–H and O–H groups in total. The zero-order valence-electron chi connectivity index (χ0n) is 13.5. The van der Waals surface area contributed by atoms with Crippen LogP contribution in [-0.4, -0.2) is 60.9 Å². The Hall–Kier alpha value is -1.54. The highest BCUT2D eigenvalue weighted by molar-refractivity contribution is 5.67. The maximum atomic E-state index is 11.3. The van der Waals surface area contributed by atoms with Crippen molar-refractivity contribution in [1.82, 2.24) is 10.6 Å². The van der Waals surface area contributed by atoms with E-state index in [-0.39, 0.29) is 19.1 Å². The first kappa shape index (κ1) is 20.5. The quantitative estimate of drug-likeness (QED) is 0.438. The van der Waals surface area contributed by atoms with Crippen LogP contribution in [0.25, 0.3) is 0 Å². The maximum absolute atomic E-state index is 11.3. The van der Waals surface area contributed by atoms with E-state index in [1.54, 1.807) is 0 Å². The van der Waals surface area contributed by atoms with Crippen molar-refractivity contribution in [2.45, 2.75) is 45.8 Å². The average Bonchev–Trinajstić information content (AvgIpc) is 2.45. The van der Waals surface area contributed by atoms with E-state index in [4.69, 9.17) is 19.7 Å². The molecule has 130 valence electrons. The van der Waals surface area contributed by atoms with E-state index in [2.05, 4.69) is 10.6 Å². The van der Waals surface area contributed by atoms with Crippen molar-refractivity contribution in [3.8, 4) is 0 Å². The number of hydrogen-bond acceptors (Lipinski definition) is 6. The molecule has 0 bridgehead atoms. The average molecular weight is 320 g/mol. The molecule has 0 aliphatic heterocycles. The molecule has 0 saturated carbocycles. The van der Waals surface area contributed by atoms with Gasteiger partial charge in [-0.1, -0.05) is 6.92 Å². The van der Waals surface area contributed by atoms with Crippen LogP contribution in [-0.2, 0) is 9.47 Å². The third kappa shape index (κ3) is 13.4. The van der Waals surface area contributed by atoms with Crippen molar-refractivity contribution >= 4 is 12.2 Å². The molecule has 2 amide bonds. The molecule has 3 atom stereocenters. The van der Waals surface area contributed by atoms with E-state index >= 15 is 0 Å². The Bertz CT molecular complexity index is 322. The van der Waals surface area contributed by atoms with Crippen molar-refractivity contribution < 1.29 is 29.3 Å². The Balaban J connectivity index is 3.55. The molecule has 0 radical (unpaired) electrons. The van der Waals surface area contributed by atoms with Crippen LogP contribution in [0.15, 0.2) is 0 Å². The van der Waals surface area contributed by atoms with Crippen molar-refractivity contribution in [3.63, 3.8) is 0 Å². The van der Waals surface area contributed by atoms with Crippen molar-refractivity contribution in [3.05, 3.63) is 0 Å². The lowest BCUT2D eigenvalue weighted by molar-refractivity contribution is 0.0772. The molecule has 22 heavy (non-hydrogen) atoms. The van der Waals surface area contributed by atoms with Crippen molar-refractivity contribution in [2.75, 3.05) is 26.3 Å². The molecule has 3 unspecified atom stereocenters. The van der Waals surface area contributed by atoms with E-state index in [9.17, 15) is 9.59 Å². The van der Waals surface area contributed by atoms with Gasteiger partial charge in [-0.3, -0.25) is 0 Å². The molecule has 0 heterocycles. The summed E-state index contributed by atoms with van der Waals surface area (Å²) in [4.78, 5) is 22.5. The Morgan fingerprint density at radius 3 is 1.95 bits per heavy atom. The van der Waals surface area contributed by atoms with Gasteiger partial charge < -0.3 is 30.3 Å². The predicted octanol–water partition coefficient (Wildman–Crippen LogP) is 0.617. The van der Waals surface area contributed by atoms with Gasteiger partial charge in [0.15, 0.2) is 0 Å². The minimum absolute atomic E-state index is 0.0271. The van der Waals surface area contributed by atoms with Crippen LogP contribution in [0, 0.1) is 5.92 Å². The summed E-state index contributed by atoms with van der Waals surface area (Å²) in [5, 5.41) is 23.1. The highest BCUT2D eigenvalue weighted by Crippen LogP contribution is 2.03. The topological polar surface area (TPSA) is 117 Å². The van der Waals surface area contributed by atoms with Gasteiger partial charge in [0.25, 0.3) is 0 Å². The summed E-state index contributed by atoms with van der Waals surface area (Å²) < 4.78 is 9.50. The van der Waals surface area contributed by atoms with Gasteiger partial charge in [0.1, 0.15) is 13.2 Å². The molecule has 0 aliphatic rings. The lowest BCUT2D eigenvalue weighted by Crippen LogP contribution is -2.31. The van der Waals surface area contributed by atoms with Crippen LogP contribution in [0.4, 0.5) is 9.59 Å². The first-order valence-electron chi connectivity index (χ1n) is 7.48. The summed E-state index contributed by atoms with van der Waals surface area (Å²) in [6.07, 6.45) is -0.892. The number of ether oxygens (including phenoxy) is 2. The van der Waals surface area contributed by atoms with Gasteiger partial charge in [0.05, 0.1) is 12.2 Å². The maximum Gasteiger partial charge on any atom is 0.407 e. The number of carbonyl (C=O) groups excluding carboxylic acids is 2. The first-order chi connectivity index (χ1) is 10.3. The third-order valence-electron chi connectivity index (χ3n) is 2.65. The highest BCUT2D eigenvalue weighted by atomic mass is 16.6. The molecule has 0 aliphatic carbocycles. The molecule has 8 heteroatoms. The van der Waals surface area contributed by atoms with Crippen LogP contribution in [0.1, 0.15) is 33.6 Å². The second-order valence-corrected chi connectivity index (χ2v) is 5.45. The summed E-state index contributed by atoms with van der Waals surface area (Å²) in [7, 11) is 0. The number of carbonyl (C=O) groups is 2. The smallest absolute Gasteiger partial charge is 0.407 e. The fourth-order valence-electron chi connectivity index (χ4n) is 1.50. The zero-order chi connectivity index (χ0) is 17.0. The van der Waals surface area contributed by atoms with E-state index in [0.717, 1.165) is 12.8 Å². The normalized spacial score (nSPS) is 14.6. The molecule has 0 spiro atoms. The minimum Gasteiger partial charge on any atom is -0.447 e. The van der Waals surface area contributed by atoms with Gasteiger partial charge >= 0.3 is 12.2 Å². The Morgan fingerprint density at radius 1 is 0.955 bits per heavy atom. The van der Waals surface area contributed by atoms with Gasteiger partial charge in [-0.2, -0.15) is 0 Å². The van der Waals surface area contributed by atoms with Crippen LogP contribution >= 0.6 is 0 Å².